The molecular formula is C17H19N3OS. The molecule has 4 nitrogen and oxygen atoms in total. The number of nitrogens with one attached hydrogen (secondary N) is 2. The van der Waals surface area contributed by atoms with Crippen LogP contribution in [0, 0.1) is 12.8 Å². The van der Waals surface area contributed by atoms with Crippen molar-refractivity contribution in [2.24, 2.45) is 5.92 Å². The number of hydrogen-bond donors (Lipinski definition) is 2. The molecule has 1 amide bonds. The van der Waals surface area contributed by atoms with Gasteiger partial charge in [-0.25, -0.2) is 4.98 Å². The van der Waals surface area contributed by atoms with E-state index in [9.17, 15) is 4.79 Å². The molecule has 3 fully saturated rings. The Labute approximate surface area is 134 Å². The number of anilines is 1. The summed E-state index contributed by atoms with van der Waals surface area (Å²) in [7, 11) is 0. The molecule has 1 aromatic heterocycles. The maximum absolute atomic E-state index is 12.4. The van der Waals surface area contributed by atoms with E-state index in [1.54, 1.807) is 11.3 Å². The predicted octanol–water partition coefficient (Wildman–Crippen LogP) is 3.35. The molecule has 5 heteroatoms. The molecule has 0 unspecified atom stereocenters. The summed E-state index contributed by atoms with van der Waals surface area (Å²) in [4.78, 5) is 16.8. The maximum Gasteiger partial charge on any atom is 0.251 e. The van der Waals surface area contributed by atoms with E-state index in [0.717, 1.165) is 27.9 Å². The zero-order valence-electron chi connectivity index (χ0n) is 12.6. The molecule has 22 heavy (non-hydrogen) atoms. The van der Waals surface area contributed by atoms with Crippen LogP contribution in [0.25, 0.3) is 0 Å². The summed E-state index contributed by atoms with van der Waals surface area (Å²) in [6.07, 6.45) is 3.50. The number of benzene rings is 1. The van der Waals surface area contributed by atoms with E-state index >= 15 is 0 Å². The van der Waals surface area contributed by atoms with Gasteiger partial charge in [-0.1, -0.05) is 6.07 Å². The lowest BCUT2D eigenvalue weighted by molar-refractivity contribution is -0.0438. The summed E-state index contributed by atoms with van der Waals surface area (Å²) < 4.78 is 0. The maximum atomic E-state index is 12.4. The second kappa shape index (κ2) is 5.09. The third-order valence-electron chi connectivity index (χ3n) is 4.65. The molecule has 0 aliphatic heterocycles. The van der Waals surface area contributed by atoms with Gasteiger partial charge in [-0.2, -0.15) is 0 Å². The first kappa shape index (κ1) is 13.8. The minimum atomic E-state index is 0.0480. The Morgan fingerprint density at radius 1 is 1.41 bits per heavy atom. The van der Waals surface area contributed by atoms with Crippen LogP contribution in [0.5, 0.6) is 0 Å². The van der Waals surface area contributed by atoms with E-state index in [0.29, 0.717) is 6.54 Å². The third-order valence-corrected chi connectivity index (χ3v) is 5.62. The van der Waals surface area contributed by atoms with Crippen LogP contribution in [-0.4, -0.2) is 16.4 Å². The summed E-state index contributed by atoms with van der Waals surface area (Å²) in [5.74, 6) is 0.918. The largest absolute Gasteiger partial charge is 0.379 e. The standard InChI is InChI=1S/C17H19N3OS/c1-11-10-22-15(19-11)9-18-14-4-2-3-13(5-14)16(21)20-17-6-12(7-17)8-17/h2-5,10,12,18H,6-9H2,1H3,(H,20,21). The lowest BCUT2D eigenvalue weighted by Gasteiger charge is -2.61. The summed E-state index contributed by atoms with van der Waals surface area (Å²) >= 11 is 1.65. The number of aromatic nitrogens is 1. The highest BCUT2D eigenvalue weighted by Gasteiger charge is 2.57. The molecule has 114 valence electrons. The number of aryl methyl sites for hydroxylation is 1. The van der Waals surface area contributed by atoms with E-state index in [1.165, 1.54) is 19.3 Å². The van der Waals surface area contributed by atoms with Crippen molar-refractivity contribution in [2.75, 3.05) is 5.32 Å². The Bertz CT molecular complexity index is 707. The van der Waals surface area contributed by atoms with Crippen molar-refractivity contribution in [1.29, 1.82) is 0 Å². The van der Waals surface area contributed by atoms with Gasteiger partial charge in [-0.15, -0.1) is 11.3 Å². The lowest BCUT2D eigenvalue weighted by atomic mass is 9.50. The van der Waals surface area contributed by atoms with Crippen LogP contribution < -0.4 is 10.6 Å². The van der Waals surface area contributed by atoms with Crippen molar-refractivity contribution < 1.29 is 4.79 Å². The molecule has 5 rings (SSSR count). The minimum Gasteiger partial charge on any atom is -0.379 e. The van der Waals surface area contributed by atoms with Gasteiger partial charge in [0.05, 0.1) is 6.54 Å². The van der Waals surface area contributed by atoms with Crippen molar-refractivity contribution in [3.8, 4) is 0 Å². The zero-order valence-corrected chi connectivity index (χ0v) is 13.4. The summed E-state index contributed by atoms with van der Waals surface area (Å²) in [5, 5.41) is 9.64. The molecule has 3 aliphatic carbocycles. The fourth-order valence-corrected chi connectivity index (χ4v) is 4.09. The minimum absolute atomic E-state index is 0.0480. The molecule has 3 aliphatic rings. The van der Waals surface area contributed by atoms with Gasteiger partial charge in [0.15, 0.2) is 0 Å². The average Bonchev–Trinajstić information content (AvgIpc) is 2.85. The quantitative estimate of drug-likeness (QED) is 0.890. The summed E-state index contributed by atoms with van der Waals surface area (Å²) in [6, 6.07) is 7.70. The van der Waals surface area contributed by atoms with Gasteiger partial charge in [-0.05, 0) is 50.3 Å². The number of carbonyl (C=O) groups excluding carboxylic acids is 1. The molecule has 0 spiro atoms. The van der Waals surface area contributed by atoms with Crippen LogP contribution in [0.4, 0.5) is 5.69 Å². The van der Waals surface area contributed by atoms with Gasteiger partial charge < -0.3 is 10.6 Å². The predicted molar refractivity (Wildman–Crippen MR) is 88.2 cm³/mol. The molecule has 0 atom stereocenters. The van der Waals surface area contributed by atoms with Gasteiger partial charge >= 0.3 is 0 Å². The van der Waals surface area contributed by atoms with Crippen LogP contribution in [0.2, 0.25) is 0 Å². The van der Waals surface area contributed by atoms with Crippen molar-refractivity contribution in [3.63, 3.8) is 0 Å². The number of carbonyl (C=O) groups is 1. The van der Waals surface area contributed by atoms with Gasteiger partial charge in [0.1, 0.15) is 5.01 Å². The first-order chi connectivity index (χ1) is 10.6. The van der Waals surface area contributed by atoms with E-state index < -0.39 is 0 Å². The van der Waals surface area contributed by atoms with Crippen molar-refractivity contribution in [1.82, 2.24) is 10.3 Å². The van der Waals surface area contributed by atoms with Gasteiger partial charge in [0.2, 0.25) is 0 Å². The van der Waals surface area contributed by atoms with Crippen LogP contribution in [0.1, 0.15) is 40.3 Å². The fourth-order valence-electron chi connectivity index (χ4n) is 3.38. The SMILES string of the molecule is Cc1csc(CNc2cccc(C(=O)NC34CC(C3)C4)c2)n1. The molecule has 1 aromatic carbocycles. The highest BCUT2D eigenvalue weighted by atomic mass is 32.1. The van der Waals surface area contributed by atoms with Gasteiger partial charge in [0, 0.05) is 27.9 Å². The Kier molecular flexibility index (Phi) is 3.18. The first-order valence-electron chi connectivity index (χ1n) is 7.69. The highest BCUT2D eigenvalue weighted by Crippen LogP contribution is 2.56. The van der Waals surface area contributed by atoms with Crippen LogP contribution in [0.15, 0.2) is 29.6 Å². The van der Waals surface area contributed by atoms with Crippen molar-refractivity contribution in [3.05, 3.63) is 45.9 Å². The zero-order chi connectivity index (χ0) is 15.2. The molecule has 2 N–H and O–H groups in total. The lowest BCUT2D eigenvalue weighted by Crippen LogP contribution is -2.68. The average molecular weight is 313 g/mol. The Morgan fingerprint density at radius 3 is 2.86 bits per heavy atom. The third kappa shape index (κ3) is 2.50. The number of nitrogens with zero attached hydrogens (tertiary/aromatic N) is 1. The second-order valence-corrected chi connectivity index (χ2v) is 7.47. The van der Waals surface area contributed by atoms with E-state index in [-0.39, 0.29) is 11.4 Å². The van der Waals surface area contributed by atoms with Gasteiger partial charge in [0.25, 0.3) is 5.91 Å². The molecule has 0 radical (unpaired) electrons. The highest BCUT2D eigenvalue weighted by molar-refractivity contribution is 7.09. The number of rotatable bonds is 5. The normalized spacial score (nSPS) is 25.0. The van der Waals surface area contributed by atoms with Crippen molar-refractivity contribution in [2.45, 2.75) is 38.3 Å². The van der Waals surface area contributed by atoms with Crippen LogP contribution in [-0.2, 0) is 6.54 Å². The summed E-state index contributed by atoms with van der Waals surface area (Å²) in [6.45, 7) is 2.69. The number of hydrogen-bond acceptors (Lipinski definition) is 4. The molecule has 3 saturated carbocycles. The van der Waals surface area contributed by atoms with E-state index in [2.05, 4.69) is 15.6 Å². The Hall–Kier alpha value is -1.88. The second-order valence-electron chi connectivity index (χ2n) is 6.53. The van der Waals surface area contributed by atoms with Gasteiger partial charge in [-0.3, -0.25) is 4.79 Å². The number of amides is 1. The molecule has 0 saturated heterocycles. The first-order valence-corrected chi connectivity index (χ1v) is 8.57. The molecular weight excluding hydrogens is 294 g/mol. The monoisotopic (exact) mass is 313 g/mol. The summed E-state index contributed by atoms with van der Waals surface area (Å²) in [5.41, 5.74) is 2.86. The smallest absolute Gasteiger partial charge is 0.251 e. The topological polar surface area (TPSA) is 54.0 Å². The number of thiazole rings is 1. The Morgan fingerprint density at radius 2 is 2.23 bits per heavy atom. The van der Waals surface area contributed by atoms with E-state index in [4.69, 9.17) is 0 Å². The van der Waals surface area contributed by atoms with Crippen LogP contribution >= 0.6 is 11.3 Å². The van der Waals surface area contributed by atoms with E-state index in [1.807, 2.05) is 36.6 Å². The van der Waals surface area contributed by atoms with Crippen LogP contribution in [0.3, 0.4) is 0 Å². The molecule has 1 heterocycles. The fraction of sp³-hybridized carbons (Fsp3) is 0.412. The molecule has 2 bridgehead atoms. The molecule has 2 aromatic rings. The van der Waals surface area contributed by atoms with Crippen molar-refractivity contribution >= 4 is 22.9 Å². The Balaban J connectivity index is 1.40.